The van der Waals surface area contributed by atoms with Crippen molar-refractivity contribution in [3.63, 3.8) is 0 Å². The number of fused-ring (bicyclic) bond motifs is 7. The van der Waals surface area contributed by atoms with Crippen molar-refractivity contribution in [3.05, 3.63) is 191 Å². The summed E-state index contributed by atoms with van der Waals surface area (Å²) in [4.78, 5) is 0. The molecule has 0 spiro atoms. The predicted octanol–water partition coefficient (Wildman–Crippen LogP) is 11.3. The zero-order valence-corrected chi connectivity index (χ0v) is 25.4. The number of hydrogen-bond donors (Lipinski definition) is 0. The second-order valence-corrected chi connectivity index (χ2v) is 12.8. The molecule has 0 N–H and O–H groups in total. The highest BCUT2D eigenvalue weighted by Gasteiger charge is 2.42. The minimum atomic E-state index is -0.323. The van der Waals surface area contributed by atoms with Gasteiger partial charge in [-0.3, -0.25) is 0 Å². The smallest absolute Gasteiger partial charge is 0.132 e. The van der Waals surface area contributed by atoms with E-state index in [-0.39, 0.29) is 10.8 Å². The molecule has 1 heterocycles. The van der Waals surface area contributed by atoms with Crippen molar-refractivity contribution in [2.75, 3.05) is 0 Å². The van der Waals surface area contributed by atoms with Gasteiger partial charge in [0.2, 0.25) is 0 Å². The van der Waals surface area contributed by atoms with Crippen LogP contribution in [0.4, 0.5) is 0 Å². The number of ether oxygens (including phenoxy) is 1. The summed E-state index contributed by atoms with van der Waals surface area (Å²) in [6.07, 6.45) is 0. The molecular formula is C44H32O. The van der Waals surface area contributed by atoms with Crippen molar-refractivity contribution < 1.29 is 4.74 Å². The Morgan fingerprint density at radius 1 is 0.422 bits per heavy atom. The first-order chi connectivity index (χ1) is 22.1. The van der Waals surface area contributed by atoms with Crippen molar-refractivity contribution >= 4 is 10.8 Å². The van der Waals surface area contributed by atoms with E-state index in [1.54, 1.807) is 0 Å². The molecule has 0 radical (unpaired) electrons. The summed E-state index contributed by atoms with van der Waals surface area (Å²) < 4.78 is 6.66. The Bertz CT molecular complexity index is 2270. The summed E-state index contributed by atoms with van der Waals surface area (Å²) >= 11 is 0. The maximum atomic E-state index is 6.66. The first-order valence-corrected chi connectivity index (χ1v) is 15.8. The second kappa shape index (κ2) is 9.55. The minimum absolute atomic E-state index is 0.276. The van der Waals surface area contributed by atoms with Gasteiger partial charge in [-0.05, 0) is 87.3 Å². The second-order valence-electron chi connectivity index (χ2n) is 12.8. The molecule has 2 atom stereocenters. The van der Waals surface area contributed by atoms with Crippen molar-refractivity contribution in [3.8, 4) is 33.8 Å². The van der Waals surface area contributed by atoms with Crippen LogP contribution in [0, 0.1) is 0 Å². The standard InChI is InChI=1S/C44H32O/c1-43(32-14-5-3-6-15-32)36-19-11-12-20-40(36)45-41-28-31(23-25-37(41)43)30-21-24-35-39(27-30)44(2,33-16-7-4-8-17-33)38-26-22-29-13-9-10-18-34(29)42(35)38/h3-28H,1-2H3. The molecule has 1 aliphatic heterocycles. The van der Waals surface area contributed by atoms with Crippen LogP contribution in [0.15, 0.2) is 158 Å². The quantitative estimate of drug-likeness (QED) is 0.203. The molecule has 2 unspecified atom stereocenters. The van der Waals surface area contributed by atoms with Crippen LogP contribution in [-0.4, -0.2) is 0 Å². The summed E-state index contributed by atoms with van der Waals surface area (Å²) in [6.45, 7) is 4.72. The van der Waals surface area contributed by atoms with Gasteiger partial charge in [0.1, 0.15) is 11.5 Å². The van der Waals surface area contributed by atoms with Gasteiger partial charge in [-0.1, -0.05) is 140 Å². The van der Waals surface area contributed by atoms with E-state index in [9.17, 15) is 0 Å². The van der Waals surface area contributed by atoms with E-state index in [4.69, 9.17) is 4.74 Å². The summed E-state index contributed by atoms with van der Waals surface area (Å²) in [5.41, 5.74) is 12.1. The Labute approximate surface area is 264 Å². The number of rotatable bonds is 3. The highest BCUT2D eigenvalue weighted by molar-refractivity contribution is 6.03. The Balaban J connectivity index is 1.24. The Morgan fingerprint density at radius 3 is 1.78 bits per heavy atom. The molecule has 1 nitrogen and oxygen atoms in total. The topological polar surface area (TPSA) is 9.23 Å². The highest BCUT2D eigenvalue weighted by atomic mass is 16.5. The molecular weight excluding hydrogens is 544 g/mol. The SMILES string of the molecule is CC1(c2ccccc2)c2ccccc2Oc2cc(-c3ccc4c(c3)C(C)(c3ccccc3)c3ccc5ccccc5c3-4)ccc21. The van der Waals surface area contributed by atoms with E-state index in [0.29, 0.717) is 0 Å². The van der Waals surface area contributed by atoms with E-state index < -0.39 is 0 Å². The van der Waals surface area contributed by atoms with Gasteiger partial charge in [0.05, 0.1) is 0 Å². The van der Waals surface area contributed by atoms with Crippen molar-refractivity contribution in [2.45, 2.75) is 24.7 Å². The lowest BCUT2D eigenvalue weighted by Gasteiger charge is -2.38. The van der Waals surface area contributed by atoms with Crippen LogP contribution in [-0.2, 0) is 10.8 Å². The van der Waals surface area contributed by atoms with Crippen LogP contribution >= 0.6 is 0 Å². The molecule has 0 aromatic heterocycles. The average Bonchev–Trinajstić information content (AvgIpc) is 3.37. The van der Waals surface area contributed by atoms with Gasteiger partial charge in [0.25, 0.3) is 0 Å². The van der Waals surface area contributed by atoms with Gasteiger partial charge in [-0.25, -0.2) is 0 Å². The monoisotopic (exact) mass is 576 g/mol. The molecule has 7 aromatic carbocycles. The first-order valence-electron chi connectivity index (χ1n) is 15.8. The minimum Gasteiger partial charge on any atom is -0.457 e. The summed E-state index contributed by atoms with van der Waals surface area (Å²) in [5, 5.41) is 2.59. The van der Waals surface area contributed by atoms with Crippen molar-refractivity contribution in [1.82, 2.24) is 0 Å². The van der Waals surface area contributed by atoms with Gasteiger partial charge in [0.15, 0.2) is 0 Å². The molecule has 0 saturated carbocycles. The summed E-state index contributed by atoms with van der Waals surface area (Å²) in [6, 6.07) is 57.5. The number of benzene rings is 7. The fourth-order valence-corrected chi connectivity index (χ4v) is 8.08. The third-order valence-corrected chi connectivity index (χ3v) is 10.5. The molecule has 0 saturated heterocycles. The molecule has 1 heteroatoms. The maximum Gasteiger partial charge on any atom is 0.132 e. The molecule has 214 valence electrons. The molecule has 1 aliphatic carbocycles. The Kier molecular flexibility index (Phi) is 5.53. The predicted molar refractivity (Wildman–Crippen MR) is 185 cm³/mol. The highest BCUT2D eigenvalue weighted by Crippen LogP contribution is 2.56. The van der Waals surface area contributed by atoms with Gasteiger partial charge < -0.3 is 4.74 Å². The van der Waals surface area contributed by atoms with Crippen LogP contribution < -0.4 is 4.74 Å². The largest absolute Gasteiger partial charge is 0.457 e. The van der Waals surface area contributed by atoms with Gasteiger partial charge in [-0.15, -0.1) is 0 Å². The van der Waals surface area contributed by atoms with Gasteiger partial charge in [-0.2, -0.15) is 0 Å². The molecule has 0 bridgehead atoms. The molecule has 7 aromatic rings. The van der Waals surface area contributed by atoms with E-state index in [1.807, 2.05) is 0 Å². The third kappa shape index (κ3) is 3.61. The average molecular weight is 577 g/mol. The fourth-order valence-electron chi connectivity index (χ4n) is 8.08. The Morgan fingerprint density at radius 2 is 1.00 bits per heavy atom. The number of hydrogen-bond acceptors (Lipinski definition) is 1. The molecule has 2 aliphatic rings. The van der Waals surface area contributed by atoms with Crippen LogP contribution in [0.1, 0.15) is 47.2 Å². The lowest BCUT2D eigenvalue weighted by atomic mass is 9.69. The summed E-state index contributed by atoms with van der Waals surface area (Å²) in [7, 11) is 0. The van der Waals surface area contributed by atoms with Crippen molar-refractivity contribution in [2.24, 2.45) is 0 Å². The molecule has 45 heavy (non-hydrogen) atoms. The number of para-hydroxylation sites is 1. The summed E-state index contributed by atoms with van der Waals surface area (Å²) in [5.74, 6) is 1.83. The lowest BCUT2D eigenvalue weighted by Crippen LogP contribution is -2.29. The molecule has 9 rings (SSSR count). The lowest BCUT2D eigenvalue weighted by molar-refractivity contribution is 0.427. The van der Waals surface area contributed by atoms with Crippen LogP contribution in [0.5, 0.6) is 11.5 Å². The maximum absolute atomic E-state index is 6.66. The normalized spacial score (nSPS) is 19.2. The zero-order valence-electron chi connectivity index (χ0n) is 25.4. The van der Waals surface area contributed by atoms with E-state index >= 15 is 0 Å². The van der Waals surface area contributed by atoms with Crippen LogP contribution in [0.3, 0.4) is 0 Å². The first kappa shape index (κ1) is 26.0. The van der Waals surface area contributed by atoms with E-state index in [0.717, 1.165) is 17.1 Å². The molecule has 0 amide bonds. The van der Waals surface area contributed by atoms with Gasteiger partial charge in [0, 0.05) is 22.0 Å². The van der Waals surface area contributed by atoms with Crippen molar-refractivity contribution in [1.29, 1.82) is 0 Å². The van der Waals surface area contributed by atoms with E-state index in [1.165, 1.54) is 60.8 Å². The van der Waals surface area contributed by atoms with Crippen LogP contribution in [0.25, 0.3) is 33.0 Å². The fraction of sp³-hybridized carbons (Fsp3) is 0.0909. The van der Waals surface area contributed by atoms with Crippen LogP contribution in [0.2, 0.25) is 0 Å². The molecule has 0 fully saturated rings. The zero-order chi connectivity index (χ0) is 30.2. The third-order valence-electron chi connectivity index (χ3n) is 10.5. The van der Waals surface area contributed by atoms with Gasteiger partial charge >= 0.3 is 0 Å². The van der Waals surface area contributed by atoms with E-state index in [2.05, 4.69) is 172 Å². The Hall–Kier alpha value is -5.40.